The number of benzene rings is 2. The lowest BCUT2D eigenvalue weighted by molar-refractivity contribution is -0.127. The van der Waals surface area contributed by atoms with Gasteiger partial charge in [-0.3, -0.25) is 9.59 Å². The van der Waals surface area contributed by atoms with Gasteiger partial charge in [0, 0.05) is 36.5 Å². The lowest BCUT2D eigenvalue weighted by Crippen LogP contribution is -2.49. The van der Waals surface area contributed by atoms with Crippen molar-refractivity contribution in [3.05, 3.63) is 42.5 Å². The number of hydrogen-bond acceptors (Lipinski definition) is 3. The van der Waals surface area contributed by atoms with Crippen LogP contribution in [-0.2, 0) is 9.59 Å². The van der Waals surface area contributed by atoms with Crippen LogP contribution in [-0.4, -0.2) is 36.5 Å². The highest BCUT2D eigenvalue weighted by atomic mass is 35.5. The number of rotatable bonds is 3. The average molecular weight is 400 g/mol. The second-order valence-electron chi connectivity index (χ2n) is 8.22. The van der Waals surface area contributed by atoms with E-state index in [1.165, 1.54) is 12.8 Å². The molecule has 6 heteroatoms. The first-order chi connectivity index (χ1) is 13.2. The summed E-state index contributed by atoms with van der Waals surface area (Å²) in [4.78, 5) is 27.3. The third kappa shape index (κ3) is 3.49. The molecule has 3 atom stereocenters. The molecule has 0 spiro atoms. The van der Waals surface area contributed by atoms with Crippen LogP contribution in [0.25, 0.3) is 10.8 Å². The van der Waals surface area contributed by atoms with Crippen LogP contribution >= 0.6 is 12.4 Å². The number of amides is 2. The van der Waals surface area contributed by atoms with Crippen molar-refractivity contribution in [1.82, 2.24) is 10.6 Å². The van der Waals surface area contributed by atoms with Gasteiger partial charge in [-0.15, -0.1) is 12.4 Å². The third-order valence-corrected chi connectivity index (χ3v) is 6.37. The molecule has 5 nitrogen and oxygen atoms in total. The summed E-state index contributed by atoms with van der Waals surface area (Å²) in [6.45, 7) is 0.469. The Morgan fingerprint density at radius 2 is 1.75 bits per heavy atom. The number of nitrogens with one attached hydrogen (secondary N) is 2. The number of carbonyl (C=O) groups is 2. The molecule has 0 radical (unpaired) electrons. The predicted molar refractivity (Wildman–Crippen MR) is 113 cm³/mol. The number of fused-ring (bicyclic) bond motifs is 3. The highest BCUT2D eigenvalue weighted by molar-refractivity contribution is 6.07. The van der Waals surface area contributed by atoms with Crippen molar-refractivity contribution in [3.63, 3.8) is 0 Å². The summed E-state index contributed by atoms with van der Waals surface area (Å²) in [6.07, 6.45) is 4.75. The van der Waals surface area contributed by atoms with Gasteiger partial charge >= 0.3 is 0 Å². The van der Waals surface area contributed by atoms with Crippen molar-refractivity contribution in [1.29, 1.82) is 0 Å². The Balaban J connectivity index is 0.00000192. The molecule has 3 saturated heterocycles. The maximum absolute atomic E-state index is 12.8. The Morgan fingerprint density at radius 1 is 1.04 bits per heavy atom. The molecule has 2 aromatic rings. The van der Waals surface area contributed by atoms with E-state index in [0.29, 0.717) is 25.0 Å². The monoisotopic (exact) mass is 399 g/mol. The van der Waals surface area contributed by atoms with E-state index in [4.69, 9.17) is 0 Å². The Bertz CT molecular complexity index is 885. The van der Waals surface area contributed by atoms with Gasteiger partial charge in [0.1, 0.15) is 0 Å². The molecule has 28 heavy (non-hydrogen) atoms. The fourth-order valence-electron chi connectivity index (χ4n) is 5.05. The van der Waals surface area contributed by atoms with Crippen LogP contribution in [0.2, 0.25) is 0 Å². The predicted octanol–water partition coefficient (Wildman–Crippen LogP) is 3.01. The number of nitrogens with zero attached hydrogens (tertiary/aromatic N) is 1. The maximum atomic E-state index is 12.8. The van der Waals surface area contributed by atoms with Gasteiger partial charge in [-0.25, -0.2) is 0 Å². The number of piperidine rings is 1. The molecule has 2 N–H and O–H groups in total. The summed E-state index contributed by atoms with van der Waals surface area (Å²) in [5.74, 6) is -0.182. The molecule has 2 bridgehead atoms. The highest BCUT2D eigenvalue weighted by Gasteiger charge is 2.38. The molecule has 3 unspecified atom stereocenters. The van der Waals surface area contributed by atoms with Crippen molar-refractivity contribution in [3.8, 4) is 0 Å². The highest BCUT2D eigenvalue weighted by Crippen LogP contribution is 2.32. The zero-order valence-electron chi connectivity index (χ0n) is 15.8. The molecular formula is C22H26ClN3O2. The van der Waals surface area contributed by atoms with E-state index in [2.05, 4.69) is 22.8 Å². The molecule has 0 saturated carbocycles. The molecule has 0 aromatic heterocycles. The van der Waals surface area contributed by atoms with Gasteiger partial charge in [0.15, 0.2) is 0 Å². The van der Waals surface area contributed by atoms with Crippen LogP contribution in [0.4, 0.5) is 5.69 Å². The van der Waals surface area contributed by atoms with Gasteiger partial charge in [0.2, 0.25) is 11.8 Å². The molecule has 0 aliphatic carbocycles. The van der Waals surface area contributed by atoms with Gasteiger partial charge in [-0.05, 0) is 37.1 Å². The molecule has 3 aliphatic rings. The second kappa shape index (κ2) is 7.72. The van der Waals surface area contributed by atoms with Gasteiger partial charge in [-0.2, -0.15) is 0 Å². The van der Waals surface area contributed by atoms with E-state index in [1.807, 2.05) is 30.3 Å². The van der Waals surface area contributed by atoms with E-state index >= 15 is 0 Å². The fourth-order valence-corrected chi connectivity index (χ4v) is 5.05. The van der Waals surface area contributed by atoms with Crippen LogP contribution in [0.15, 0.2) is 42.5 Å². The SMILES string of the molecule is Cl.O=C(NC1CC2CCC(C1)N2)C1CC(=O)N(c2cccc3ccccc23)C1. The Hall–Kier alpha value is -2.11. The summed E-state index contributed by atoms with van der Waals surface area (Å²) in [5.41, 5.74) is 0.910. The number of halogens is 1. The minimum Gasteiger partial charge on any atom is -0.353 e. The quantitative estimate of drug-likeness (QED) is 0.834. The standard InChI is InChI=1S/C22H25N3O2.ClH/c26-21-10-15(22(27)24-18-11-16-8-9-17(12-18)23-16)13-25(21)20-7-3-5-14-4-1-2-6-19(14)20;/h1-7,15-18,23H,8-13H2,(H,24,27);1H. The minimum atomic E-state index is -0.260. The second-order valence-corrected chi connectivity index (χ2v) is 8.22. The number of anilines is 1. The zero-order chi connectivity index (χ0) is 18.4. The zero-order valence-corrected chi connectivity index (χ0v) is 16.6. The largest absolute Gasteiger partial charge is 0.353 e. The van der Waals surface area contributed by atoms with Crippen molar-refractivity contribution in [2.75, 3.05) is 11.4 Å². The minimum absolute atomic E-state index is 0. The topological polar surface area (TPSA) is 61.4 Å². The molecule has 148 valence electrons. The van der Waals surface area contributed by atoms with E-state index in [0.717, 1.165) is 29.3 Å². The van der Waals surface area contributed by atoms with Crippen molar-refractivity contribution >= 4 is 40.7 Å². The summed E-state index contributed by atoms with van der Waals surface area (Å²) < 4.78 is 0. The molecule has 2 amide bonds. The van der Waals surface area contributed by atoms with E-state index < -0.39 is 0 Å². The average Bonchev–Trinajstić information content (AvgIpc) is 3.23. The first-order valence-electron chi connectivity index (χ1n) is 10.0. The Kier molecular flexibility index (Phi) is 5.30. The first kappa shape index (κ1) is 19.2. The third-order valence-electron chi connectivity index (χ3n) is 6.37. The molecule has 5 rings (SSSR count). The van der Waals surface area contributed by atoms with Gasteiger partial charge in [0.05, 0.1) is 11.6 Å². The fraction of sp³-hybridized carbons (Fsp3) is 0.455. The van der Waals surface area contributed by atoms with Crippen molar-refractivity contribution < 1.29 is 9.59 Å². The smallest absolute Gasteiger partial charge is 0.227 e. The molecule has 3 fully saturated rings. The Morgan fingerprint density at radius 3 is 2.54 bits per heavy atom. The van der Waals surface area contributed by atoms with Crippen LogP contribution in [0.3, 0.4) is 0 Å². The lowest BCUT2D eigenvalue weighted by atomic mass is 9.98. The van der Waals surface area contributed by atoms with Gasteiger partial charge in [0.25, 0.3) is 0 Å². The van der Waals surface area contributed by atoms with Gasteiger partial charge < -0.3 is 15.5 Å². The maximum Gasteiger partial charge on any atom is 0.227 e. The molecular weight excluding hydrogens is 374 g/mol. The molecule has 3 aliphatic heterocycles. The van der Waals surface area contributed by atoms with Crippen molar-refractivity contribution in [2.24, 2.45) is 5.92 Å². The van der Waals surface area contributed by atoms with E-state index in [-0.39, 0.29) is 36.2 Å². The van der Waals surface area contributed by atoms with Crippen LogP contribution in [0.5, 0.6) is 0 Å². The van der Waals surface area contributed by atoms with Crippen LogP contribution < -0.4 is 15.5 Å². The Labute approximate surface area is 171 Å². The summed E-state index contributed by atoms with van der Waals surface area (Å²) in [6, 6.07) is 15.4. The summed E-state index contributed by atoms with van der Waals surface area (Å²) in [5, 5.41) is 9.01. The number of hydrogen-bond donors (Lipinski definition) is 2. The summed E-state index contributed by atoms with van der Waals surface area (Å²) >= 11 is 0. The van der Waals surface area contributed by atoms with Crippen LogP contribution in [0, 0.1) is 5.92 Å². The molecule has 3 heterocycles. The van der Waals surface area contributed by atoms with Crippen LogP contribution in [0.1, 0.15) is 32.1 Å². The number of carbonyl (C=O) groups excluding carboxylic acids is 2. The summed E-state index contributed by atoms with van der Waals surface area (Å²) in [7, 11) is 0. The molecule has 2 aromatic carbocycles. The van der Waals surface area contributed by atoms with Gasteiger partial charge in [-0.1, -0.05) is 36.4 Å². The van der Waals surface area contributed by atoms with E-state index in [9.17, 15) is 9.59 Å². The first-order valence-corrected chi connectivity index (χ1v) is 10.0. The lowest BCUT2D eigenvalue weighted by Gasteiger charge is -2.30. The van der Waals surface area contributed by atoms with Crippen molar-refractivity contribution in [2.45, 2.75) is 50.2 Å². The normalized spacial score (nSPS) is 29.0. The van der Waals surface area contributed by atoms with E-state index in [1.54, 1.807) is 4.90 Å².